The number of methoxy groups -OCH3 is 1. The van der Waals surface area contributed by atoms with Crippen LogP contribution in [0.15, 0.2) is 22.0 Å². The van der Waals surface area contributed by atoms with Crippen molar-refractivity contribution >= 4 is 17.2 Å². The fraction of sp³-hybridized carbons (Fsp3) is 0.300. The van der Waals surface area contributed by atoms with Gasteiger partial charge < -0.3 is 15.0 Å². The van der Waals surface area contributed by atoms with Crippen LogP contribution in [0, 0.1) is 0 Å². The lowest BCUT2D eigenvalue weighted by molar-refractivity contribution is 0.200. The zero-order valence-electron chi connectivity index (χ0n) is 8.40. The fourth-order valence-electron chi connectivity index (χ4n) is 1.39. The molecule has 0 fully saturated rings. The minimum absolute atomic E-state index is 0.378. The third kappa shape index (κ3) is 2.03. The summed E-state index contributed by atoms with van der Waals surface area (Å²) in [6, 6.07) is 3.98. The summed E-state index contributed by atoms with van der Waals surface area (Å²) in [5.74, 6) is 0.378. The Bertz CT molecular complexity index is 423. The smallest absolute Gasteiger partial charge is 0.231 e. The maximum absolute atomic E-state index is 5.74. The van der Waals surface area contributed by atoms with E-state index < -0.39 is 0 Å². The molecule has 0 unspecified atom stereocenters. The average Bonchev–Trinajstić information content (AvgIpc) is 2.84. The molecule has 0 radical (unpaired) electrons. The van der Waals surface area contributed by atoms with Crippen molar-refractivity contribution in [1.82, 2.24) is 5.16 Å². The number of nitrogen functional groups attached to an aromatic ring is 1. The van der Waals surface area contributed by atoms with Crippen molar-refractivity contribution in [2.45, 2.75) is 6.42 Å². The van der Waals surface area contributed by atoms with Crippen LogP contribution >= 0.6 is 11.3 Å². The van der Waals surface area contributed by atoms with Crippen LogP contribution in [0.3, 0.4) is 0 Å². The van der Waals surface area contributed by atoms with Crippen molar-refractivity contribution in [3.05, 3.63) is 23.2 Å². The highest BCUT2D eigenvalue weighted by molar-refractivity contribution is 7.13. The van der Waals surface area contributed by atoms with Gasteiger partial charge >= 0.3 is 0 Å². The normalized spacial score (nSPS) is 10.7. The molecule has 0 aliphatic heterocycles. The van der Waals surface area contributed by atoms with Crippen LogP contribution in [0.5, 0.6) is 0 Å². The summed E-state index contributed by atoms with van der Waals surface area (Å²) in [5, 5.41) is 5.94. The Balaban J connectivity index is 2.32. The van der Waals surface area contributed by atoms with Crippen LogP contribution < -0.4 is 5.73 Å². The van der Waals surface area contributed by atoms with Gasteiger partial charge in [-0.1, -0.05) is 11.2 Å². The first-order valence-electron chi connectivity index (χ1n) is 4.59. The number of hydrogen-bond acceptors (Lipinski definition) is 5. The first-order valence-corrected chi connectivity index (χ1v) is 5.47. The molecule has 0 atom stereocenters. The van der Waals surface area contributed by atoms with Gasteiger partial charge in [-0.25, -0.2) is 0 Å². The van der Waals surface area contributed by atoms with E-state index in [4.69, 9.17) is 15.0 Å². The van der Waals surface area contributed by atoms with Gasteiger partial charge in [0.1, 0.15) is 0 Å². The Kier molecular flexibility index (Phi) is 3.03. The average molecular weight is 224 g/mol. The highest BCUT2D eigenvalue weighted by Gasteiger charge is 2.15. The zero-order chi connectivity index (χ0) is 10.7. The fourth-order valence-corrected chi connectivity index (χ4v) is 2.19. The van der Waals surface area contributed by atoms with E-state index in [1.54, 1.807) is 18.4 Å². The van der Waals surface area contributed by atoms with Crippen molar-refractivity contribution in [2.75, 3.05) is 19.5 Å². The van der Waals surface area contributed by atoms with E-state index in [-0.39, 0.29) is 0 Å². The van der Waals surface area contributed by atoms with E-state index in [0.29, 0.717) is 18.9 Å². The quantitative estimate of drug-likeness (QED) is 0.864. The number of hydrogen-bond donors (Lipinski definition) is 1. The molecule has 2 aromatic rings. The number of rotatable bonds is 4. The van der Waals surface area contributed by atoms with E-state index in [9.17, 15) is 0 Å². The zero-order valence-corrected chi connectivity index (χ0v) is 9.21. The predicted molar refractivity (Wildman–Crippen MR) is 59.8 cm³/mol. The van der Waals surface area contributed by atoms with Crippen LogP contribution in [0.25, 0.3) is 10.4 Å². The Morgan fingerprint density at radius 3 is 3.13 bits per heavy atom. The van der Waals surface area contributed by atoms with Crippen LogP contribution in [0.1, 0.15) is 5.69 Å². The molecule has 0 bridgehead atoms. The molecule has 80 valence electrons. The van der Waals surface area contributed by atoms with Crippen LogP contribution in [-0.4, -0.2) is 18.9 Å². The number of nitrogens with two attached hydrogens (primary N) is 1. The first kappa shape index (κ1) is 10.2. The minimum Gasteiger partial charge on any atom is -0.384 e. The summed E-state index contributed by atoms with van der Waals surface area (Å²) < 4.78 is 10.0. The minimum atomic E-state index is 0.378. The van der Waals surface area contributed by atoms with E-state index in [2.05, 4.69) is 5.16 Å². The van der Waals surface area contributed by atoms with Gasteiger partial charge in [-0.05, 0) is 11.4 Å². The largest absolute Gasteiger partial charge is 0.384 e. The molecular weight excluding hydrogens is 212 g/mol. The second-order valence-electron chi connectivity index (χ2n) is 3.09. The molecular formula is C10H12N2O2S. The van der Waals surface area contributed by atoms with E-state index >= 15 is 0 Å². The van der Waals surface area contributed by atoms with E-state index in [1.807, 2.05) is 17.5 Å². The third-order valence-corrected chi connectivity index (χ3v) is 2.99. The number of thiophene rings is 1. The molecule has 0 aliphatic carbocycles. The Labute approximate surface area is 91.6 Å². The highest BCUT2D eigenvalue weighted by Crippen LogP contribution is 2.33. The van der Waals surface area contributed by atoms with Gasteiger partial charge in [0, 0.05) is 18.4 Å². The van der Waals surface area contributed by atoms with Crippen molar-refractivity contribution in [1.29, 1.82) is 0 Å². The molecule has 2 aromatic heterocycles. The highest BCUT2D eigenvalue weighted by atomic mass is 32.1. The summed E-state index contributed by atoms with van der Waals surface area (Å²) in [5.41, 5.74) is 7.50. The Hall–Kier alpha value is -1.33. The van der Waals surface area contributed by atoms with Crippen molar-refractivity contribution in [2.24, 2.45) is 0 Å². The van der Waals surface area contributed by atoms with Gasteiger partial charge in [-0.15, -0.1) is 11.3 Å². The molecule has 0 amide bonds. The second-order valence-corrected chi connectivity index (χ2v) is 4.04. The summed E-state index contributed by atoms with van der Waals surface area (Å²) in [6.07, 6.45) is 0.713. The summed E-state index contributed by atoms with van der Waals surface area (Å²) in [4.78, 5) is 1.08. The number of nitrogens with zero attached hydrogens (tertiary/aromatic N) is 1. The standard InChI is InChI=1S/C10H12N2O2S/c1-13-5-4-7-9(10(11)14-12-7)8-3-2-6-15-8/h2-3,6H,4-5,11H2,1H3. The van der Waals surface area contributed by atoms with Crippen molar-refractivity contribution in [3.8, 4) is 10.4 Å². The van der Waals surface area contributed by atoms with Crippen molar-refractivity contribution < 1.29 is 9.26 Å². The first-order chi connectivity index (χ1) is 7.33. The van der Waals surface area contributed by atoms with E-state index in [1.165, 1.54) is 0 Å². The maximum atomic E-state index is 5.74. The maximum Gasteiger partial charge on any atom is 0.231 e. The van der Waals surface area contributed by atoms with Gasteiger partial charge in [-0.2, -0.15) is 0 Å². The van der Waals surface area contributed by atoms with Gasteiger partial charge in [0.25, 0.3) is 0 Å². The topological polar surface area (TPSA) is 61.3 Å². The van der Waals surface area contributed by atoms with Crippen LogP contribution in [0.4, 0.5) is 5.88 Å². The van der Waals surface area contributed by atoms with Crippen molar-refractivity contribution in [3.63, 3.8) is 0 Å². The molecule has 5 heteroatoms. The molecule has 0 aliphatic rings. The molecule has 4 nitrogen and oxygen atoms in total. The molecule has 0 spiro atoms. The molecule has 0 saturated heterocycles. The van der Waals surface area contributed by atoms with E-state index in [0.717, 1.165) is 16.1 Å². The third-order valence-electron chi connectivity index (χ3n) is 2.10. The second kappa shape index (κ2) is 4.46. The summed E-state index contributed by atoms with van der Waals surface area (Å²) >= 11 is 1.62. The van der Waals surface area contributed by atoms with Crippen LogP contribution in [-0.2, 0) is 11.2 Å². The van der Waals surface area contributed by atoms with Gasteiger partial charge in [0.15, 0.2) is 0 Å². The number of ether oxygens (including phenoxy) is 1. The lowest BCUT2D eigenvalue weighted by atomic mass is 10.1. The predicted octanol–water partition coefficient (Wildman–Crippen LogP) is 2.17. The van der Waals surface area contributed by atoms with Gasteiger partial charge in [-0.3, -0.25) is 0 Å². The molecule has 2 N–H and O–H groups in total. The van der Waals surface area contributed by atoms with Gasteiger partial charge in [0.05, 0.1) is 17.9 Å². The summed E-state index contributed by atoms with van der Waals surface area (Å²) in [6.45, 7) is 0.615. The Morgan fingerprint density at radius 1 is 1.60 bits per heavy atom. The molecule has 15 heavy (non-hydrogen) atoms. The number of anilines is 1. The lowest BCUT2D eigenvalue weighted by Gasteiger charge is -1.98. The molecule has 2 rings (SSSR count). The SMILES string of the molecule is COCCc1noc(N)c1-c1cccs1. The van der Waals surface area contributed by atoms with Crippen LogP contribution in [0.2, 0.25) is 0 Å². The van der Waals surface area contributed by atoms with Gasteiger partial charge in [0.2, 0.25) is 5.88 Å². The summed E-state index contributed by atoms with van der Waals surface area (Å²) in [7, 11) is 1.66. The molecule has 0 aromatic carbocycles. The monoisotopic (exact) mass is 224 g/mol. The number of aromatic nitrogens is 1. The molecule has 2 heterocycles. The lowest BCUT2D eigenvalue weighted by Crippen LogP contribution is -1.96. The molecule has 0 saturated carbocycles. The Morgan fingerprint density at radius 2 is 2.47 bits per heavy atom.